The Kier molecular flexibility index (Phi) is 10.2. The number of esters is 1. The van der Waals surface area contributed by atoms with Crippen LogP contribution in [0.1, 0.15) is 17.3 Å². The monoisotopic (exact) mass is 338 g/mol. The number of hydrogen-bond donors (Lipinski definition) is 4. The van der Waals surface area contributed by atoms with Crippen molar-refractivity contribution < 1.29 is 19.1 Å². The summed E-state index contributed by atoms with van der Waals surface area (Å²) in [6.45, 7) is 5.50. The standard InChI is InChI=1S/C16H26N4O4/c1-13(23-15(21)14-5-3-2-4-6-14)24-16(22)20-12-11-19-10-9-18-8-7-17/h2-6,13,18-19H,7-12,17H2,1H3,(H,20,22)/t13-/m0/s1. The first-order valence-electron chi connectivity index (χ1n) is 7.95. The average Bonchev–Trinajstić information content (AvgIpc) is 2.58. The molecule has 0 saturated carbocycles. The Balaban J connectivity index is 2.08. The van der Waals surface area contributed by atoms with Crippen molar-refractivity contribution in [2.24, 2.45) is 5.73 Å². The van der Waals surface area contributed by atoms with Gasteiger partial charge in [-0.25, -0.2) is 9.59 Å². The number of carbonyl (C=O) groups is 2. The average molecular weight is 338 g/mol. The van der Waals surface area contributed by atoms with Crippen LogP contribution in [0.15, 0.2) is 30.3 Å². The highest BCUT2D eigenvalue weighted by molar-refractivity contribution is 5.89. The number of alkyl carbamates (subject to hydrolysis) is 1. The second-order valence-electron chi connectivity index (χ2n) is 4.96. The third-order valence-corrected chi connectivity index (χ3v) is 2.93. The van der Waals surface area contributed by atoms with Gasteiger partial charge in [0.2, 0.25) is 6.29 Å². The molecule has 8 heteroatoms. The van der Waals surface area contributed by atoms with Crippen molar-refractivity contribution in [2.75, 3.05) is 39.3 Å². The molecule has 134 valence electrons. The molecule has 0 aliphatic carbocycles. The first-order chi connectivity index (χ1) is 11.6. The second-order valence-corrected chi connectivity index (χ2v) is 4.96. The maximum Gasteiger partial charge on any atom is 0.410 e. The fraction of sp³-hybridized carbons (Fsp3) is 0.500. The smallest absolute Gasteiger partial charge is 0.410 e. The molecule has 1 aromatic rings. The molecule has 0 fully saturated rings. The van der Waals surface area contributed by atoms with Crippen LogP contribution in [-0.2, 0) is 9.47 Å². The first kappa shape index (κ1) is 19.9. The lowest BCUT2D eigenvalue weighted by atomic mass is 10.2. The number of ether oxygens (including phenoxy) is 2. The van der Waals surface area contributed by atoms with Gasteiger partial charge < -0.3 is 31.2 Å². The molecule has 8 nitrogen and oxygen atoms in total. The van der Waals surface area contributed by atoms with Gasteiger partial charge in [0.15, 0.2) is 0 Å². The second kappa shape index (κ2) is 12.3. The molecular formula is C16H26N4O4. The van der Waals surface area contributed by atoms with Gasteiger partial charge in [-0.3, -0.25) is 0 Å². The zero-order chi connectivity index (χ0) is 17.6. The number of nitrogens with one attached hydrogen (secondary N) is 3. The molecule has 1 atom stereocenters. The van der Waals surface area contributed by atoms with Gasteiger partial charge in [-0.2, -0.15) is 0 Å². The Hall–Kier alpha value is -2.16. The van der Waals surface area contributed by atoms with Crippen LogP contribution in [0, 0.1) is 0 Å². The topological polar surface area (TPSA) is 115 Å². The molecule has 1 rings (SSSR count). The van der Waals surface area contributed by atoms with Crippen LogP contribution in [0.2, 0.25) is 0 Å². The summed E-state index contributed by atoms with van der Waals surface area (Å²) in [4.78, 5) is 23.4. The highest BCUT2D eigenvalue weighted by Gasteiger charge is 2.14. The predicted octanol–water partition coefficient (Wildman–Crippen LogP) is 0.0535. The third-order valence-electron chi connectivity index (χ3n) is 2.93. The van der Waals surface area contributed by atoms with E-state index in [0.717, 1.165) is 19.6 Å². The Morgan fingerprint density at radius 2 is 1.62 bits per heavy atom. The van der Waals surface area contributed by atoms with Crippen LogP contribution in [-0.4, -0.2) is 57.6 Å². The lowest BCUT2D eigenvalue weighted by Gasteiger charge is -2.14. The Labute approximate surface area is 142 Å². The zero-order valence-corrected chi connectivity index (χ0v) is 13.9. The van der Waals surface area contributed by atoms with Crippen LogP contribution in [0.3, 0.4) is 0 Å². The normalized spacial score (nSPS) is 11.6. The van der Waals surface area contributed by atoms with Crippen LogP contribution in [0.5, 0.6) is 0 Å². The van der Waals surface area contributed by atoms with Crippen LogP contribution >= 0.6 is 0 Å². The molecule has 0 unspecified atom stereocenters. The highest BCUT2D eigenvalue weighted by Crippen LogP contribution is 2.04. The van der Waals surface area contributed by atoms with Gasteiger partial charge in [-0.05, 0) is 12.1 Å². The summed E-state index contributed by atoms with van der Waals surface area (Å²) >= 11 is 0. The minimum absolute atomic E-state index is 0.404. The van der Waals surface area contributed by atoms with E-state index in [1.807, 2.05) is 0 Å². The lowest BCUT2D eigenvalue weighted by molar-refractivity contribution is -0.0600. The van der Waals surface area contributed by atoms with Crippen molar-refractivity contribution in [1.82, 2.24) is 16.0 Å². The number of carbonyl (C=O) groups excluding carboxylic acids is 2. The third kappa shape index (κ3) is 9.09. The summed E-state index contributed by atoms with van der Waals surface area (Å²) in [5.74, 6) is -0.539. The van der Waals surface area contributed by atoms with Crippen LogP contribution in [0.25, 0.3) is 0 Å². The van der Waals surface area contributed by atoms with Crippen molar-refractivity contribution in [2.45, 2.75) is 13.2 Å². The summed E-state index contributed by atoms with van der Waals surface area (Å²) in [7, 11) is 0. The van der Waals surface area contributed by atoms with Crippen LogP contribution < -0.4 is 21.7 Å². The molecular weight excluding hydrogens is 312 g/mol. The number of hydrogen-bond acceptors (Lipinski definition) is 7. The SMILES string of the molecule is C[C@H](OC(=O)NCCNCCNCCN)OC(=O)c1ccccc1. The van der Waals surface area contributed by atoms with Crippen molar-refractivity contribution in [3.8, 4) is 0 Å². The van der Waals surface area contributed by atoms with E-state index in [1.54, 1.807) is 30.3 Å². The van der Waals surface area contributed by atoms with E-state index >= 15 is 0 Å². The van der Waals surface area contributed by atoms with E-state index in [9.17, 15) is 9.59 Å². The summed E-state index contributed by atoms with van der Waals surface area (Å²) in [6, 6.07) is 8.51. The zero-order valence-electron chi connectivity index (χ0n) is 13.9. The molecule has 0 aromatic heterocycles. The predicted molar refractivity (Wildman–Crippen MR) is 90.6 cm³/mol. The van der Waals surface area contributed by atoms with Gasteiger partial charge >= 0.3 is 12.1 Å². The molecule has 1 aromatic carbocycles. The maximum absolute atomic E-state index is 11.8. The van der Waals surface area contributed by atoms with Gasteiger partial charge in [-0.1, -0.05) is 18.2 Å². The van der Waals surface area contributed by atoms with E-state index in [2.05, 4.69) is 16.0 Å². The Morgan fingerprint density at radius 1 is 1.00 bits per heavy atom. The van der Waals surface area contributed by atoms with Gasteiger partial charge in [0.05, 0.1) is 5.56 Å². The summed E-state index contributed by atoms with van der Waals surface area (Å²) in [6.07, 6.45) is -1.60. The number of rotatable bonds is 11. The van der Waals surface area contributed by atoms with Crippen molar-refractivity contribution in [3.63, 3.8) is 0 Å². The quantitative estimate of drug-likeness (QED) is 0.256. The molecule has 0 saturated heterocycles. The summed E-state index contributed by atoms with van der Waals surface area (Å²) in [5, 5.41) is 8.87. The molecule has 0 aliphatic heterocycles. The molecule has 0 radical (unpaired) electrons. The fourth-order valence-electron chi connectivity index (χ4n) is 1.79. The highest BCUT2D eigenvalue weighted by atomic mass is 16.7. The van der Waals surface area contributed by atoms with E-state index in [4.69, 9.17) is 15.2 Å². The number of amides is 1. The Bertz CT molecular complexity index is 484. The molecule has 24 heavy (non-hydrogen) atoms. The first-order valence-corrected chi connectivity index (χ1v) is 7.95. The molecule has 0 spiro atoms. The lowest BCUT2D eigenvalue weighted by Crippen LogP contribution is -2.37. The van der Waals surface area contributed by atoms with Crippen LogP contribution in [0.4, 0.5) is 4.79 Å². The van der Waals surface area contributed by atoms with E-state index in [1.165, 1.54) is 6.92 Å². The summed E-state index contributed by atoms with van der Waals surface area (Å²) < 4.78 is 9.99. The van der Waals surface area contributed by atoms with Crippen molar-refractivity contribution in [1.29, 1.82) is 0 Å². The van der Waals surface area contributed by atoms with E-state index < -0.39 is 18.4 Å². The minimum atomic E-state index is -0.967. The van der Waals surface area contributed by atoms with Gasteiger partial charge in [0.1, 0.15) is 0 Å². The van der Waals surface area contributed by atoms with Crippen molar-refractivity contribution >= 4 is 12.1 Å². The van der Waals surface area contributed by atoms with Crippen molar-refractivity contribution in [3.05, 3.63) is 35.9 Å². The molecule has 0 aliphatic rings. The van der Waals surface area contributed by atoms with E-state index in [-0.39, 0.29) is 0 Å². The van der Waals surface area contributed by atoms with Gasteiger partial charge in [0, 0.05) is 46.2 Å². The molecule has 0 heterocycles. The number of nitrogens with two attached hydrogens (primary N) is 1. The Morgan fingerprint density at radius 3 is 2.29 bits per heavy atom. The minimum Gasteiger partial charge on any atom is -0.422 e. The largest absolute Gasteiger partial charge is 0.422 e. The van der Waals surface area contributed by atoms with Gasteiger partial charge in [-0.15, -0.1) is 0 Å². The maximum atomic E-state index is 11.8. The van der Waals surface area contributed by atoms with E-state index in [0.29, 0.717) is 25.2 Å². The molecule has 1 amide bonds. The molecule has 0 bridgehead atoms. The summed E-state index contributed by atoms with van der Waals surface area (Å²) in [5.41, 5.74) is 5.75. The fourth-order valence-corrected chi connectivity index (χ4v) is 1.79. The van der Waals surface area contributed by atoms with Gasteiger partial charge in [0.25, 0.3) is 0 Å². The molecule has 5 N–H and O–H groups in total. The number of benzene rings is 1.